The minimum atomic E-state index is -0.0241. The second kappa shape index (κ2) is 4.83. The van der Waals surface area contributed by atoms with E-state index in [2.05, 4.69) is 19.2 Å². The molecule has 0 aliphatic heterocycles. The van der Waals surface area contributed by atoms with Gasteiger partial charge in [-0.1, -0.05) is 20.3 Å². The molecule has 0 spiro atoms. The van der Waals surface area contributed by atoms with E-state index in [0.29, 0.717) is 6.04 Å². The van der Waals surface area contributed by atoms with Crippen molar-refractivity contribution in [2.45, 2.75) is 51.7 Å². The summed E-state index contributed by atoms with van der Waals surface area (Å²) in [6.07, 6.45) is 4.47. The van der Waals surface area contributed by atoms with Crippen LogP contribution in [-0.2, 0) is 0 Å². The van der Waals surface area contributed by atoms with Gasteiger partial charge in [0, 0.05) is 6.04 Å². The highest BCUT2D eigenvalue weighted by atomic mass is 16.3. The van der Waals surface area contributed by atoms with Gasteiger partial charge < -0.3 is 10.4 Å². The van der Waals surface area contributed by atoms with Crippen LogP contribution in [0.3, 0.4) is 0 Å². The fraction of sp³-hybridized carbons (Fsp3) is 1.00. The number of aliphatic hydroxyl groups excluding tert-OH is 1. The molecule has 0 radical (unpaired) electrons. The molecule has 0 amide bonds. The highest BCUT2D eigenvalue weighted by molar-refractivity contribution is 4.84. The molecule has 1 fully saturated rings. The summed E-state index contributed by atoms with van der Waals surface area (Å²) in [5.41, 5.74) is 0. The lowest BCUT2D eigenvalue weighted by atomic mass is 9.89. The van der Waals surface area contributed by atoms with Crippen LogP contribution in [0.5, 0.6) is 0 Å². The van der Waals surface area contributed by atoms with E-state index in [4.69, 9.17) is 5.11 Å². The molecule has 0 aromatic heterocycles. The van der Waals surface area contributed by atoms with Crippen molar-refractivity contribution < 1.29 is 5.11 Å². The van der Waals surface area contributed by atoms with E-state index in [9.17, 15) is 0 Å². The molecule has 0 aromatic rings. The SMILES string of the molecule is CCCC(C)CNC1CC(O)C1. The summed E-state index contributed by atoms with van der Waals surface area (Å²) in [5, 5.41) is 12.5. The molecular formula is C10H21NO. The minimum absolute atomic E-state index is 0.0241. The molecule has 0 saturated heterocycles. The highest BCUT2D eigenvalue weighted by Gasteiger charge is 2.26. The normalized spacial score (nSPS) is 31.2. The zero-order chi connectivity index (χ0) is 8.97. The van der Waals surface area contributed by atoms with Crippen LogP contribution < -0.4 is 5.32 Å². The quantitative estimate of drug-likeness (QED) is 0.657. The third kappa shape index (κ3) is 3.11. The molecular weight excluding hydrogens is 150 g/mol. The van der Waals surface area contributed by atoms with Gasteiger partial charge in [0.1, 0.15) is 0 Å². The molecule has 1 saturated carbocycles. The Morgan fingerprint density at radius 1 is 1.50 bits per heavy atom. The fourth-order valence-corrected chi connectivity index (χ4v) is 1.72. The average Bonchev–Trinajstić information content (AvgIpc) is 1.96. The number of nitrogens with one attached hydrogen (secondary N) is 1. The topological polar surface area (TPSA) is 32.3 Å². The molecule has 1 aliphatic rings. The standard InChI is InChI=1S/C10H21NO/c1-3-4-8(2)7-11-9-5-10(12)6-9/h8-12H,3-7H2,1-2H3. The van der Waals surface area contributed by atoms with Crippen LogP contribution in [-0.4, -0.2) is 23.8 Å². The summed E-state index contributed by atoms with van der Waals surface area (Å²) in [4.78, 5) is 0. The largest absolute Gasteiger partial charge is 0.393 e. The summed E-state index contributed by atoms with van der Waals surface area (Å²) in [6.45, 7) is 5.63. The summed E-state index contributed by atoms with van der Waals surface area (Å²) in [6, 6.07) is 0.597. The number of hydrogen-bond acceptors (Lipinski definition) is 2. The van der Waals surface area contributed by atoms with Gasteiger partial charge in [-0.3, -0.25) is 0 Å². The van der Waals surface area contributed by atoms with Gasteiger partial charge in [-0.2, -0.15) is 0 Å². The Hall–Kier alpha value is -0.0800. The predicted octanol–water partition coefficient (Wildman–Crippen LogP) is 1.54. The molecule has 0 bridgehead atoms. The maximum atomic E-state index is 9.05. The maximum Gasteiger partial charge on any atom is 0.0570 e. The Morgan fingerprint density at radius 3 is 2.67 bits per heavy atom. The monoisotopic (exact) mass is 171 g/mol. The molecule has 2 N–H and O–H groups in total. The molecule has 72 valence electrons. The predicted molar refractivity (Wildman–Crippen MR) is 51.1 cm³/mol. The Morgan fingerprint density at radius 2 is 2.17 bits per heavy atom. The van der Waals surface area contributed by atoms with Gasteiger partial charge in [-0.15, -0.1) is 0 Å². The average molecular weight is 171 g/mol. The van der Waals surface area contributed by atoms with Gasteiger partial charge in [-0.05, 0) is 31.7 Å². The van der Waals surface area contributed by atoms with Crippen LogP contribution in [0.2, 0.25) is 0 Å². The molecule has 2 heteroatoms. The third-order valence-electron chi connectivity index (χ3n) is 2.65. The lowest BCUT2D eigenvalue weighted by Gasteiger charge is -2.33. The molecule has 2 nitrogen and oxygen atoms in total. The van der Waals surface area contributed by atoms with Gasteiger partial charge in [0.15, 0.2) is 0 Å². The van der Waals surface area contributed by atoms with Crippen molar-refractivity contribution in [1.82, 2.24) is 5.32 Å². The number of rotatable bonds is 5. The first kappa shape index (κ1) is 10.0. The first-order valence-corrected chi connectivity index (χ1v) is 5.13. The molecule has 1 rings (SSSR count). The van der Waals surface area contributed by atoms with E-state index in [0.717, 1.165) is 25.3 Å². The summed E-state index contributed by atoms with van der Waals surface area (Å²) in [5.74, 6) is 0.785. The zero-order valence-corrected chi connectivity index (χ0v) is 8.21. The van der Waals surface area contributed by atoms with Crippen LogP contribution in [0.25, 0.3) is 0 Å². The van der Waals surface area contributed by atoms with Crippen molar-refractivity contribution in [3.8, 4) is 0 Å². The van der Waals surface area contributed by atoms with Crippen LogP contribution in [0, 0.1) is 5.92 Å². The second-order valence-electron chi connectivity index (χ2n) is 4.12. The van der Waals surface area contributed by atoms with Gasteiger partial charge >= 0.3 is 0 Å². The Kier molecular flexibility index (Phi) is 4.02. The van der Waals surface area contributed by atoms with Crippen LogP contribution in [0.15, 0.2) is 0 Å². The van der Waals surface area contributed by atoms with Crippen LogP contribution >= 0.6 is 0 Å². The fourth-order valence-electron chi connectivity index (χ4n) is 1.72. The van der Waals surface area contributed by atoms with Gasteiger partial charge in [0.25, 0.3) is 0 Å². The third-order valence-corrected chi connectivity index (χ3v) is 2.65. The summed E-state index contributed by atoms with van der Waals surface area (Å²) in [7, 11) is 0. The van der Waals surface area contributed by atoms with Crippen molar-refractivity contribution in [3.05, 3.63) is 0 Å². The second-order valence-corrected chi connectivity index (χ2v) is 4.12. The molecule has 0 heterocycles. The van der Waals surface area contributed by atoms with Crippen molar-refractivity contribution in [1.29, 1.82) is 0 Å². The van der Waals surface area contributed by atoms with Gasteiger partial charge in [0.05, 0.1) is 6.10 Å². The van der Waals surface area contributed by atoms with Crippen LogP contribution in [0.4, 0.5) is 0 Å². The highest BCUT2D eigenvalue weighted by Crippen LogP contribution is 2.19. The van der Waals surface area contributed by atoms with E-state index in [1.54, 1.807) is 0 Å². The Labute approximate surface area is 75.4 Å². The summed E-state index contributed by atoms with van der Waals surface area (Å²) < 4.78 is 0. The first-order valence-electron chi connectivity index (χ1n) is 5.13. The maximum absolute atomic E-state index is 9.05. The molecule has 1 atom stereocenters. The smallest absolute Gasteiger partial charge is 0.0570 e. The molecule has 1 unspecified atom stereocenters. The lowest BCUT2D eigenvalue weighted by Crippen LogP contribution is -2.45. The van der Waals surface area contributed by atoms with E-state index >= 15 is 0 Å². The lowest BCUT2D eigenvalue weighted by molar-refractivity contribution is 0.0611. The van der Waals surface area contributed by atoms with E-state index in [1.807, 2.05) is 0 Å². The van der Waals surface area contributed by atoms with Crippen LogP contribution in [0.1, 0.15) is 39.5 Å². The first-order chi connectivity index (χ1) is 5.72. The molecule has 1 aliphatic carbocycles. The number of hydrogen-bond donors (Lipinski definition) is 2. The Bertz CT molecular complexity index is 116. The zero-order valence-electron chi connectivity index (χ0n) is 8.21. The van der Waals surface area contributed by atoms with E-state index < -0.39 is 0 Å². The number of aliphatic hydroxyl groups is 1. The van der Waals surface area contributed by atoms with E-state index in [1.165, 1.54) is 12.8 Å². The van der Waals surface area contributed by atoms with Crippen molar-refractivity contribution in [2.75, 3.05) is 6.54 Å². The van der Waals surface area contributed by atoms with Crippen molar-refractivity contribution >= 4 is 0 Å². The molecule has 12 heavy (non-hydrogen) atoms. The van der Waals surface area contributed by atoms with Crippen molar-refractivity contribution in [3.63, 3.8) is 0 Å². The minimum Gasteiger partial charge on any atom is -0.393 e. The van der Waals surface area contributed by atoms with Gasteiger partial charge in [0.2, 0.25) is 0 Å². The van der Waals surface area contributed by atoms with Crippen molar-refractivity contribution in [2.24, 2.45) is 5.92 Å². The van der Waals surface area contributed by atoms with E-state index in [-0.39, 0.29) is 6.10 Å². The van der Waals surface area contributed by atoms with Gasteiger partial charge in [-0.25, -0.2) is 0 Å². The Balaban J connectivity index is 1.95. The summed E-state index contributed by atoms with van der Waals surface area (Å²) >= 11 is 0. The molecule has 0 aromatic carbocycles.